The van der Waals surface area contributed by atoms with Crippen molar-refractivity contribution >= 4 is 17.2 Å². The summed E-state index contributed by atoms with van der Waals surface area (Å²) in [7, 11) is 1.67. The summed E-state index contributed by atoms with van der Waals surface area (Å²) in [5.74, 6) is 0.133. The summed E-state index contributed by atoms with van der Waals surface area (Å²) >= 11 is 1.66. The lowest BCUT2D eigenvalue weighted by atomic mass is 10.1. The normalized spacial score (nSPS) is 21.2. The number of hydrogen-bond acceptors (Lipinski definition) is 4. The largest absolute Gasteiger partial charge is 0.377 e. The Morgan fingerprint density at radius 2 is 2.41 bits per heavy atom. The van der Waals surface area contributed by atoms with Gasteiger partial charge in [0.1, 0.15) is 6.17 Å². The Morgan fingerprint density at radius 3 is 3.00 bits per heavy atom. The van der Waals surface area contributed by atoms with E-state index < -0.39 is 0 Å². The van der Waals surface area contributed by atoms with E-state index in [2.05, 4.69) is 5.32 Å². The lowest BCUT2D eigenvalue weighted by Crippen LogP contribution is -2.42. The smallest absolute Gasteiger partial charge is 0.238 e. The average molecular weight is 254 g/mol. The third kappa shape index (κ3) is 2.68. The van der Waals surface area contributed by atoms with Crippen molar-refractivity contribution in [3.8, 4) is 0 Å². The van der Waals surface area contributed by atoms with Gasteiger partial charge in [0.15, 0.2) is 0 Å². The molecule has 94 valence electrons. The van der Waals surface area contributed by atoms with Gasteiger partial charge in [0.2, 0.25) is 5.91 Å². The summed E-state index contributed by atoms with van der Waals surface area (Å²) < 4.78 is 5.40. The standard InChI is InChI=1S/C12H18N2O2S/c1-12(2,16-3)8-14-10(15)7-13-11(14)9-5-4-6-17-9/h4-6,11,13H,7-8H2,1-3H3. The maximum Gasteiger partial charge on any atom is 0.238 e. The van der Waals surface area contributed by atoms with E-state index in [9.17, 15) is 4.79 Å². The maximum atomic E-state index is 11.9. The number of carbonyl (C=O) groups excluding carboxylic acids is 1. The van der Waals surface area contributed by atoms with Gasteiger partial charge in [0.25, 0.3) is 0 Å². The van der Waals surface area contributed by atoms with Crippen molar-refractivity contribution < 1.29 is 9.53 Å². The van der Waals surface area contributed by atoms with Crippen LogP contribution < -0.4 is 5.32 Å². The topological polar surface area (TPSA) is 41.6 Å². The van der Waals surface area contributed by atoms with Crippen molar-refractivity contribution in [2.24, 2.45) is 0 Å². The quantitative estimate of drug-likeness (QED) is 0.887. The molecule has 0 aromatic carbocycles. The zero-order valence-electron chi connectivity index (χ0n) is 10.4. The van der Waals surface area contributed by atoms with Crippen molar-refractivity contribution in [3.63, 3.8) is 0 Å². The first kappa shape index (κ1) is 12.5. The van der Waals surface area contributed by atoms with Crippen LogP contribution in [0.15, 0.2) is 17.5 Å². The molecular weight excluding hydrogens is 236 g/mol. The second kappa shape index (κ2) is 4.76. The molecule has 1 fully saturated rings. The Morgan fingerprint density at radius 1 is 1.65 bits per heavy atom. The van der Waals surface area contributed by atoms with Gasteiger partial charge in [-0.2, -0.15) is 0 Å². The average Bonchev–Trinajstić information content (AvgIpc) is 2.90. The maximum absolute atomic E-state index is 11.9. The van der Waals surface area contributed by atoms with Gasteiger partial charge in [0.05, 0.1) is 18.7 Å². The number of nitrogens with zero attached hydrogens (tertiary/aromatic N) is 1. The second-order valence-corrected chi connectivity index (χ2v) is 5.76. The zero-order chi connectivity index (χ0) is 12.5. The Bertz CT molecular complexity index is 389. The molecule has 0 radical (unpaired) electrons. The predicted octanol–water partition coefficient (Wildman–Crippen LogP) is 1.60. The van der Waals surface area contributed by atoms with Crippen molar-refractivity contribution in [3.05, 3.63) is 22.4 Å². The summed E-state index contributed by atoms with van der Waals surface area (Å²) in [6.45, 7) is 4.98. The van der Waals surface area contributed by atoms with E-state index in [4.69, 9.17) is 4.74 Å². The van der Waals surface area contributed by atoms with E-state index in [1.165, 1.54) is 4.88 Å². The molecule has 1 aromatic rings. The Labute approximate surface area is 106 Å². The summed E-state index contributed by atoms with van der Waals surface area (Å²) in [5, 5.41) is 5.26. The minimum atomic E-state index is -0.322. The van der Waals surface area contributed by atoms with Gasteiger partial charge in [-0.3, -0.25) is 10.1 Å². The molecule has 1 aliphatic rings. The molecule has 1 aliphatic heterocycles. The summed E-state index contributed by atoms with van der Waals surface area (Å²) in [6.07, 6.45) is -0.00285. The lowest BCUT2D eigenvalue weighted by molar-refractivity contribution is -0.131. The monoisotopic (exact) mass is 254 g/mol. The number of nitrogens with one attached hydrogen (secondary N) is 1. The highest BCUT2D eigenvalue weighted by Crippen LogP contribution is 2.28. The molecule has 1 aromatic heterocycles. The number of methoxy groups -OCH3 is 1. The minimum Gasteiger partial charge on any atom is -0.377 e. The van der Waals surface area contributed by atoms with E-state index in [1.807, 2.05) is 36.3 Å². The molecule has 1 atom stereocenters. The number of carbonyl (C=O) groups is 1. The van der Waals surface area contributed by atoms with Crippen LogP contribution in [0.2, 0.25) is 0 Å². The number of ether oxygens (including phenoxy) is 1. The highest BCUT2D eigenvalue weighted by molar-refractivity contribution is 7.10. The number of amides is 1. The molecule has 2 rings (SSSR count). The van der Waals surface area contributed by atoms with Gasteiger partial charge in [-0.15, -0.1) is 11.3 Å². The van der Waals surface area contributed by atoms with Crippen LogP contribution in [0.1, 0.15) is 24.9 Å². The first-order valence-electron chi connectivity index (χ1n) is 5.65. The summed E-state index contributed by atoms with van der Waals surface area (Å²) in [5.41, 5.74) is -0.322. The van der Waals surface area contributed by atoms with Gasteiger partial charge in [-0.05, 0) is 25.3 Å². The van der Waals surface area contributed by atoms with E-state index in [0.29, 0.717) is 13.1 Å². The molecule has 5 heteroatoms. The number of thiophene rings is 1. The van der Waals surface area contributed by atoms with Crippen molar-refractivity contribution in [1.29, 1.82) is 0 Å². The fourth-order valence-corrected chi connectivity index (χ4v) is 2.71. The molecule has 2 heterocycles. The number of hydrogen-bond donors (Lipinski definition) is 1. The molecule has 0 bridgehead atoms. The molecule has 4 nitrogen and oxygen atoms in total. The van der Waals surface area contributed by atoms with Gasteiger partial charge in [-0.1, -0.05) is 6.07 Å². The van der Waals surface area contributed by atoms with Crippen LogP contribution in [0.3, 0.4) is 0 Å². The third-order valence-electron chi connectivity index (χ3n) is 3.00. The molecule has 0 aliphatic carbocycles. The van der Waals surface area contributed by atoms with Crippen LogP contribution in [0, 0.1) is 0 Å². The molecule has 0 saturated carbocycles. The molecule has 0 spiro atoms. The minimum absolute atomic E-state index is 0.00285. The van der Waals surface area contributed by atoms with E-state index in [1.54, 1.807) is 18.4 Å². The van der Waals surface area contributed by atoms with Crippen molar-refractivity contribution in [1.82, 2.24) is 10.2 Å². The Hall–Kier alpha value is -0.910. The van der Waals surface area contributed by atoms with Gasteiger partial charge >= 0.3 is 0 Å². The Kier molecular flexibility index (Phi) is 3.51. The molecule has 1 amide bonds. The second-order valence-electron chi connectivity index (χ2n) is 4.78. The van der Waals surface area contributed by atoms with Crippen LogP contribution >= 0.6 is 11.3 Å². The highest BCUT2D eigenvalue weighted by Gasteiger charge is 2.35. The van der Waals surface area contributed by atoms with E-state index in [0.717, 1.165) is 0 Å². The van der Waals surface area contributed by atoms with E-state index >= 15 is 0 Å². The van der Waals surface area contributed by atoms with Crippen molar-refractivity contribution in [2.45, 2.75) is 25.6 Å². The van der Waals surface area contributed by atoms with Gasteiger partial charge in [0, 0.05) is 12.0 Å². The van der Waals surface area contributed by atoms with E-state index in [-0.39, 0.29) is 17.7 Å². The van der Waals surface area contributed by atoms with Crippen molar-refractivity contribution in [2.75, 3.05) is 20.2 Å². The zero-order valence-corrected chi connectivity index (χ0v) is 11.2. The molecule has 17 heavy (non-hydrogen) atoms. The predicted molar refractivity (Wildman–Crippen MR) is 67.9 cm³/mol. The molecule has 1 saturated heterocycles. The highest BCUT2D eigenvalue weighted by atomic mass is 32.1. The summed E-state index contributed by atoms with van der Waals surface area (Å²) in [6, 6.07) is 4.05. The third-order valence-corrected chi connectivity index (χ3v) is 3.92. The fraction of sp³-hybridized carbons (Fsp3) is 0.583. The van der Waals surface area contributed by atoms with Crippen LogP contribution in [-0.4, -0.2) is 36.6 Å². The molecular formula is C12H18N2O2S. The van der Waals surface area contributed by atoms with Crippen LogP contribution in [0.5, 0.6) is 0 Å². The molecule has 1 N–H and O–H groups in total. The first-order chi connectivity index (χ1) is 8.03. The SMILES string of the molecule is COC(C)(C)CN1C(=O)CNC1c1cccs1. The number of rotatable bonds is 4. The Balaban J connectivity index is 2.15. The van der Waals surface area contributed by atoms with Crippen LogP contribution in [0.25, 0.3) is 0 Å². The lowest BCUT2D eigenvalue weighted by Gasteiger charge is -2.32. The van der Waals surface area contributed by atoms with Gasteiger partial charge in [-0.25, -0.2) is 0 Å². The van der Waals surface area contributed by atoms with Gasteiger partial charge < -0.3 is 9.64 Å². The van der Waals surface area contributed by atoms with Crippen LogP contribution in [0.4, 0.5) is 0 Å². The van der Waals surface area contributed by atoms with Crippen LogP contribution in [-0.2, 0) is 9.53 Å². The summed E-state index contributed by atoms with van der Waals surface area (Å²) in [4.78, 5) is 14.9. The first-order valence-corrected chi connectivity index (χ1v) is 6.53. The molecule has 1 unspecified atom stereocenters. The fourth-order valence-electron chi connectivity index (χ4n) is 1.89.